The van der Waals surface area contributed by atoms with Crippen LogP contribution in [-0.4, -0.2) is 26.4 Å². The molecule has 0 unspecified atom stereocenters. The molecule has 0 radical (unpaired) electrons. The highest BCUT2D eigenvalue weighted by Gasteiger charge is 2.22. The molecular weight excluding hydrogens is 466 g/mol. The molecule has 0 saturated heterocycles. The molecule has 4 rings (SSSR count). The van der Waals surface area contributed by atoms with Crippen molar-refractivity contribution < 1.29 is 9.53 Å². The average molecular weight is 496 g/mol. The number of ether oxygens (including phenoxy) is 1. The molecule has 1 aromatic carbocycles. The van der Waals surface area contributed by atoms with E-state index in [-0.39, 0.29) is 23.7 Å². The van der Waals surface area contributed by atoms with Crippen LogP contribution in [0.25, 0.3) is 0 Å². The van der Waals surface area contributed by atoms with Crippen molar-refractivity contribution in [1.29, 1.82) is 5.26 Å². The van der Waals surface area contributed by atoms with Crippen LogP contribution in [0.3, 0.4) is 0 Å². The van der Waals surface area contributed by atoms with Gasteiger partial charge in [-0.2, -0.15) is 5.26 Å². The fraction of sp³-hybridized carbons (Fsp3) is 0.440. The Morgan fingerprint density at radius 2 is 1.97 bits per heavy atom. The third kappa shape index (κ3) is 5.45. The number of amides is 1. The van der Waals surface area contributed by atoms with Crippen LogP contribution in [0.5, 0.6) is 5.75 Å². The Hall–Kier alpha value is -2.83. The molecule has 1 amide bonds. The van der Waals surface area contributed by atoms with E-state index < -0.39 is 0 Å². The van der Waals surface area contributed by atoms with Gasteiger partial charge in [0.1, 0.15) is 23.4 Å². The van der Waals surface area contributed by atoms with Crippen LogP contribution in [0.1, 0.15) is 61.0 Å². The summed E-state index contributed by atoms with van der Waals surface area (Å²) in [4.78, 5) is 13.8. The standard InChI is InChI=1S/C25H29N5O2S2/c1-25(2,3)16-9-11-17(12-10-16)32-14-21-28-29-24(30(21)4)33-15-22(31)27-23-19(13-26)18-7-5-6-8-20(18)34-23/h9-12H,5-8,14-15H2,1-4H3,(H,27,31). The number of nitrogens with zero attached hydrogens (tertiary/aromatic N) is 4. The van der Waals surface area contributed by atoms with Gasteiger partial charge in [-0.1, -0.05) is 44.7 Å². The first-order chi connectivity index (χ1) is 16.3. The molecule has 2 heterocycles. The number of aromatic nitrogens is 3. The number of hydrogen-bond acceptors (Lipinski definition) is 7. The van der Waals surface area contributed by atoms with Crippen LogP contribution in [0.15, 0.2) is 29.4 Å². The molecule has 1 aliphatic rings. The van der Waals surface area contributed by atoms with Crippen molar-refractivity contribution in [3.05, 3.63) is 51.7 Å². The van der Waals surface area contributed by atoms with Crippen molar-refractivity contribution in [3.8, 4) is 11.8 Å². The summed E-state index contributed by atoms with van der Waals surface area (Å²) in [6.45, 7) is 6.83. The molecule has 0 spiro atoms. The van der Waals surface area contributed by atoms with Gasteiger partial charge in [0.05, 0.1) is 11.3 Å². The molecule has 0 fully saturated rings. The monoisotopic (exact) mass is 495 g/mol. The van der Waals surface area contributed by atoms with Gasteiger partial charge >= 0.3 is 0 Å². The molecular formula is C25H29N5O2S2. The Morgan fingerprint density at radius 1 is 1.24 bits per heavy atom. The second kappa shape index (κ2) is 10.2. The van der Waals surface area contributed by atoms with Crippen molar-refractivity contribution in [3.63, 3.8) is 0 Å². The van der Waals surface area contributed by atoms with E-state index in [0.29, 0.717) is 21.5 Å². The normalized spacial score (nSPS) is 13.3. The number of aryl methyl sites for hydroxylation is 1. The molecule has 178 valence electrons. The number of nitrogens with one attached hydrogen (secondary N) is 1. The molecule has 34 heavy (non-hydrogen) atoms. The summed E-state index contributed by atoms with van der Waals surface area (Å²) in [7, 11) is 1.86. The van der Waals surface area contributed by atoms with Gasteiger partial charge in [0.25, 0.3) is 0 Å². The molecule has 1 N–H and O–H groups in total. The Bertz CT molecular complexity index is 1220. The van der Waals surface area contributed by atoms with E-state index in [4.69, 9.17) is 4.74 Å². The summed E-state index contributed by atoms with van der Waals surface area (Å²) in [5.41, 5.74) is 3.10. The van der Waals surface area contributed by atoms with Gasteiger partial charge in [-0.25, -0.2) is 0 Å². The number of thioether (sulfide) groups is 1. The van der Waals surface area contributed by atoms with E-state index in [1.807, 2.05) is 23.7 Å². The van der Waals surface area contributed by atoms with Crippen LogP contribution < -0.4 is 10.1 Å². The van der Waals surface area contributed by atoms with Crippen molar-refractivity contribution >= 4 is 34.0 Å². The van der Waals surface area contributed by atoms with Gasteiger partial charge in [0.2, 0.25) is 5.91 Å². The first-order valence-corrected chi connectivity index (χ1v) is 13.2. The molecule has 9 heteroatoms. The number of fused-ring (bicyclic) bond motifs is 1. The molecule has 0 saturated carbocycles. The second-order valence-electron chi connectivity index (χ2n) is 9.38. The van der Waals surface area contributed by atoms with Crippen LogP contribution >= 0.6 is 23.1 Å². The van der Waals surface area contributed by atoms with Gasteiger partial charge < -0.3 is 14.6 Å². The Morgan fingerprint density at radius 3 is 2.68 bits per heavy atom. The predicted octanol–water partition coefficient (Wildman–Crippen LogP) is 5.23. The van der Waals surface area contributed by atoms with Crippen LogP contribution in [0.4, 0.5) is 5.00 Å². The lowest BCUT2D eigenvalue weighted by Gasteiger charge is -2.19. The van der Waals surface area contributed by atoms with E-state index in [0.717, 1.165) is 37.0 Å². The van der Waals surface area contributed by atoms with E-state index in [1.165, 1.54) is 33.5 Å². The second-order valence-corrected chi connectivity index (χ2v) is 11.4. The summed E-state index contributed by atoms with van der Waals surface area (Å²) in [6.07, 6.45) is 4.15. The average Bonchev–Trinajstić information content (AvgIpc) is 3.34. The molecule has 3 aromatic rings. The number of carbonyl (C=O) groups excluding carboxylic acids is 1. The maximum Gasteiger partial charge on any atom is 0.235 e. The zero-order chi connectivity index (χ0) is 24.3. The molecule has 1 aliphatic carbocycles. The van der Waals surface area contributed by atoms with Gasteiger partial charge in [-0.15, -0.1) is 21.5 Å². The third-order valence-electron chi connectivity index (χ3n) is 5.88. The zero-order valence-corrected chi connectivity index (χ0v) is 21.6. The van der Waals surface area contributed by atoms with Gasteiger partial charge in [0, 0.05) is 11.9 Å². The predicted molar refractivity (Wildman–Crippen MR) is 136 cm³/mol. The number of nitriles is 1. The Labute approximate surface area is 208 Å². The lowest BCUT2D eigenvalue weighted by molar-refractivity contribution is -0.113. The van der Waals surface area contributed by atoms with Gasteiger partial charge in [-0.3, -0.25) is 4.79 Å². The van der Waals surface area contributed by atoms with Crippen molar-refractivity contribution in [1.82, 2.24) is 14.8 Å². The van der Waals surface area contributed by atoms with Gasteiger partial charge in [0.15, 0.2) is 11.0 Å². The minimum atomic E-state index is -0.153. The highest BCUT2D eigenvalue weighted by Crippen LogP contribution is 2.37. The topological polar surface area (TPSA) is 92.8 Å². The lowest BCUT2D eigenvalue weighted by atomic mass is 9.87. The largest absolute Gasteiger partial charge is 0.486 e. The number of carbonyl (C=O) groups is 1. The fourth-order valence-corrected chi connectivity index (χ4v) is 5.85. The summed E-state index contributed by atoms with van der Waals surface area (Å²) in [5.74, 6) is 1.49. The van der Waals surface area contributed by atoms with Crippen molar-refractivity contribution in [2.45, 2.75) is 63.6 Å². The first-order valence-electron chi connectivity index (χ1n) is 11.3. The highest BCUT2D eigenvalue weighted by molar-refractivity contribution is 7.99. The summed E-state index contributed by atoms with van der Waals surface area (Å²) < 4.78 is 7.72. The molecule has 0 bridgehead atoms. The first kappa shape index (κ1) is 24.3. The fourth-order valence-electron chi connectivity index (χ4n) is 3.86. The molecule has 7 nitrogen and oxygen atoms in total. The lowest BCUT2D eigenvalue weighted by Crippen LogP contribution is -2.14. The SMILES string of the molecule is Cn1c(COc2ccc(C(C)(C)C)cc2)nnc1SCC(=O)Nc1sc2c(c1C#N)CCCC2. The third-order valence-corrected chi connectivity index (χ3v) is 8.11. The number of thiophene rings is 1. The van der Waals surface area contributed by atoms with Crippen molar-refractivity contribution in [2.75, 3.05) is 11.1 Å². The number of rotatable bonds is 7. The van der Waals surface area contributed by atoms with E-state index in [1.54, 1.807) is 0 Å². The Kier molecular flexibility index (Phi) is 7.29. The minimum absolute atomic E-state index is 0.0968. The maximum absolute atomic E-state index is 12.6. The van der Waals surface area contributed by atoms with E-state index >= 15 is 0 Å². The highest BCUT2D eigenvalue weighted by atomic mass is 32.2. The number of hydrogen-bond donors (Lipinski definition) is 1. The molecule has 0 aliphatic heterocycles. The van der Waals surface area contributed by atoms with Gasteiger partial charge in [-0.05, 0) is 54.4 Å². The summed E-state index contributed by atoms with van der Waals surface area (Å²) >= 11 is 2.85. The van der Waals surface area contributed by atoms with Crippen molar-refractivity contribution in [2.24, 2.45) is 7.05 Å². The van der Waals surface area contributed by atoms with Crippen LogP contribution in [0.2, 0.25) is 0 Å². The Balaban J connectivity index is 1.32. The van der Waals surface area contributed by atoms with Crippen LogP contribution in [0, 0.1) is 11.3 Å². The molecule has 0 atom stereocenters. The number of benzene rings is 1. The summed E-state index contributed by atoms with van der Waals surface area (Å²) in [5, 5.41) is 22.2. The quantitative estimate of drug-likeness (QED) is 0.451. The van der Waals surface area contributed by atoms with E-state index in [2.05, 4.69) is 54.5 Å². The van der Waals surface area contributed by atoms with E-state index in [9.17, 15) is 10.1 Å². The number of anilines is 1. The molecule has 2 aromatic heterocycles. The minimum Gasteiger partial charge on any atom is -0.486 e. The van der Waals surface area contributed by atoms with Crippen LogP contribution in [-0.2, 0) is 36.7 Å². The smallest absolute Gasteiger partial charge is 0.235 e. The maximum atomic E-state index is 12.6. The zero-order valence-electron chi connectivity index (χ0n) is 20.0. The summed E-state index contributed by atoms with van der Waals surface area (Å²) in [6, 6.07) is 10.4.